The first-order valence-electron chi connectivity index (χ1n) is 54.1. The van der Waals surface area contributed by atoms with E-state index in [1.54, 1.807) is 45.0 Å². The Morgan fingerprint density at radius 3 is 1.06 bits per heavy atom. The van der Waals surface area contributed by atoms with Gasteiger partial charge >= 0.3 is 19.2 Å². The molecule has 20 rings (SSSR count). The molecule has 10 unspecified atom stereocenters. The van der Waals surface area contributed by atoms with Gasteiger partial charge in [-0.05, 0) is 494 Å². The SMILES string of the molecule is Cc1cc(CF)c2c(c1)CCC(C)C2.Cc1cc(F)c2c(c1)CCC(C)C2.Cc1cc2c(c(C(F)F)c1)CC(C)CC2.Cc1ccc2c(c1C(F)(F)F)CCC(C)C2.Cc1ccc2c(c1C(F)F)CCC(C)C2.Cc1ccc2c(c1CF)CCC(C)C2.Cc1ccc2c(c1F)CCC(C)C2.Cc1ccc2c(c1OC(F)(F)F)CCC(C)C2.Cc1ccc2c(c1OC(F)F)CCC(C)C2.Cc1ccc2c(c1OCF)CCC(C)C2. The molecule has 0 radical (unpaired) electrons. The molecule has 0 aromatic heterocycles. The zero-order valence-corrected chi connectivity index (χ0v) is 91.0. The lowest BCUT2D eigenvalue weighted by molar-refractivity contribution is -0.275. The van der Waals surface area contributed by atoms with Gasteiger partial charge in [0.2, 0.25) is 6.86 Å². The van der Waals surface area contributed by atoms with Crippen molar-refractivity contribution in [2.75, 3.05) is 6.86 Å². The van der Waals surface area contributed by atoms with Gasteiger partial charge in [0.05, 0.1) is 5.56 Å². The normalized spacial score (nSPS) is 20.5. The number of aryl methyl sites for hydroxylation is 13. The van der Waals surface area contributed by atoms with Crippen LogP contribution in [-0.4, -0.2) is 19.8 Å². The molecule has 0 N–H and O–H groups in total. The number of halogens is 17. The number of fused-ring (bicyclic) bond motifs is 10. The van der Waals surface area contributed by atoms with Gasteiger partial charge in [-0.2, -0.15) is 22.0 Å². The Morgan fingerprint density at radius 2 is 0.622 bits per heavy atom. The minimum absolute atomic E-state index is 0.00144. The summed E-state index contributed by atoms with van der Waals surface area (Å²) in [5.74, 6) is 7.64. The van der Waals surface area contributed by atoms with Gasteiger partial charge in [-0.25, -0.2) is 39.5 Å². The summed E-state index contributed by atoms with van der Waals surface area (Å²) in [5.41, 5.74) is 32.3. The fourth-order valence-electron chi connectivity index (χ4n) is 23.7. The lowest BCUT2D eigenvalue weighted by Crippen LogP contribution is -2.21. The third-order valence-corrected chi connectivity index (χ3v) is 32.0. The van der Waals surface area contributed by atoms with E-state index in [4.69, 9.17) is 4.74 Å². The van der Waals surface area contributed by atoms with Crippen molar-refractivity contribution in [1.82, 2.24) is 0 Å². The Labute approximate surface area is 871 Å². The summed E-state index contributed by atoms with van der Waals surface area (Å²) in [6.45, 7) is 36.4. The molecule has 0 bridgehead atoms. The summed E-state index contributed by atoms with van der Waals surface area (Å²) in [7, 11) is 0. The van der Waals surface area contributed by atoms with E-state index < -0.39 is 44.4 Å². The number of alkyl halides is 15. The molecule has 0 aliphatic heterocycles. The standard InChI is InChI=1S/C13H15F3O.C13H15F3.C13H16F2O.2C13H16F2.C13H17FO.2C13H17F.2C12H15F/c1-8-3-6-11-10(7-8)5-4-9(2)12(11)17-13(14,15)16;1-8-3-6-11-10(7-8)5-4-9(2)12(11)13(14,15)16;1-8-3-6-11-10(7-8)5-4-9(2)12(11)16-13(14)15;1-8-3-6-11-10(7-8)5-4-9(2)12(11)13(14)15;1-8-3-4-10-5-9(2)7-12(13(14)15)11(10)6-8;1-9-3-6-12-11(7-9)5-4-10(2)13(12)15-8-14;1-9-3-6-12-11(7-9)5-4-10(2)13(12)8-14;1-9-3-4-11-5-10(2)6-12(8-14)13(11)7-9;1-8-3-6-11-10(7-8)5-4-9(2)12(11)13;1-8-3-4-10-5-9(2)7-12(13)11(10)6-8/h4-5,8H,3,6-7H2,1-2H3;4-5,8H,3,6-7H2,1-2H3;4-5,8,13H,3,6-7H2,1-2H3;4-5,8,13H,3,6-7H2,1-2H3;5,7-8,13H,3-4,6H2,1-2H3;4-5,9H,3,6-8H2,1-2H3;4-5,9H,3,6-8H2,1-2H3;5-6,9H,3-4,7-8H2,1-2H3;4-5,8H,3,6-7H2,1-2H3;5,7-8H,3-4,6H2,1-2H3. The van der Waals surface area contributed by atoms with Gasteiger partial charge in [-0.3, -0.25) is 0 Å². The molecule has 148 heavy (non-hydrogen) atoms. The molecule has 0 heterocycles. The van der Waals surface area contributed by atoms with Crippen molar-refractivity contribution in [2.45, 2.75) is 376 Å². The molecule has 808 valence electrons. The van der Waals surface area contributed by atoms with Crippen molar-refractivity contribution < 1.29 is 88.8 Å². The van der Waals surface area contributed by atoms with Crippen LogP contribution in [0.25, 0.3) is 0 Å². The van der Waals surface area contributed by atoms with Gasteiger partial charge in [-0.1, -0.05) is 196 Å². The summed E-state index contributed by atoms with van der Waals surface area (Å²) < 4.78 is 231. The van der Waals surface area contributed by atoms with Crippen LogP contribution in [0.4, 0.5) is 74.6 Å². The van der Waals surface area contributed by atoms with Crippen LogP contribution in [0.5, 0.6) is 17.2 Å². The molecule has 0 fully saturated rings. The summed E-state index contributed by atoms with van der Waals surface area (Å²) in [5, 5.41) is 0. The molecule has 3 nitrogen and oxygen atoms in total. The largest absolute Gasteiger partial charge is 0.573 e. The Morgan fingerprint density at radius 1 is 0.291 bits per heavy atom. The Bertz CT molecular complexity index is 6060. The third-order valence-electron chi connectivity index (χ3n) is 32.0. The molecule has 0 amide bonds. The van der Waals surface area contributed by atoms with Crippen LogP contribution in [0.15, 0.2) is 121 Å². The minimum Gasteiger partial charge on any atom is -0.462 e. The van der Waals surface area contributed by atoms with Crippen molar-refractivity contribution in [3.8, 4) is 17.2 Å². The van der Waals surface area contributed by atoms with Crippen LogP contribution >= 0.6 is 0 Å². The molecular formula is C128H159F17O3. The first-order valence-corrected chi connectivity index (χ1v) is 54.1. The zero-order valence-electron chi connectivity index (χ0n) is 91.0. The van der Waals surface area contributed by atoms with Crippen molar-refractivity contribution in [3.05, 3.63) is 328 Å². The topological polar surface area (TPSA) is 27.7 Å². The number of hydrogen-bond donors (Lipinski definition) is 0. The van der Waals surface area contributed by atoms with Gasteiger partial charge < -0.3 is 14.2 Å². The van der Waals surface area contributed by atoms with Gasteiger partial charge in [0.15, 0.2) is 0 Å². The van der Waals surface area contributed by atoms with E-state index >= 15 is 0 Å². The molecule has 10 aliphatic carbocycles. The Balaban J connectivity index is 0.000000156. The first-order chi connectivity index (χ1) is 70.0. The number of ether oxygens (including phenoxy) is 3. The van der Waals surface area contributed by atoms with Crippen molar-refractivity contribution in [1.29, 1.82) is 0 Å². The highest BCUT2D eigenvalue weighted by Gasteiger charge is 2.39. The lowest BCUT2D eigenvalue weighted by Gasteiger charge is -2.26. The Hall–Kier alpha value is -9.59. The maximum absolute atomic E-state index is 13.6. The van der Waals surface area contributed by atoms with E-state index in [0.717, 1.165) is 289 Å². The Kier molecular flexibility index (Phi) is 43.4. The van der Waals surface area contributed by atoms with Gasteiger partial charge in [0, 0.05) is 11.1 Å². The average molecular weight is 2070 g/mol. The molecule has 0 saturated heterocycles. The second kappa shape index (κ2) is 54.1. The summed E-state index contributed by atoms with van der Waals surface area (Å²) in [6, 6.07) is 39.0. The number of benzene rings is 10. The van der Waals surface area contributed by atoms with E-state index in [-0.39, 0.29) is 36.3 Å². The second-order valence-electron chi connectivity index (χ2n) is 45.2. The molecule has 0 saturated carbocycles. The fraction of sp³-hybridized carbons (Fsp3) is 0.531. The molecule has 0 spiro atoms. The van der Waals surface area contributed by atoms with Gasteiger partial charge in [0.1, 0.15) is 42.2 Å². The van der Waals surface area contributed by atoms with Crippen LogP contribution in [-0.2, 0) is 148 Å². The van der Waals surface area contributed by atoms with Crippen LogP contribution in [0.3, 0.4) is 0 Å². The summed E-state index contributed by atoms with van der Waals surface area (Å²) in [4.78, 5) is 0. The first kappa shape index (κ1) is 119. The van der Waals surface area contributed by atoms with Crippen LogP contribution < -0.4 is 14.2 Å². The molecule has 10 aliphatic rings. The van der Waals surface area contributed by atoms with E-state index in [1.807, 2.05) is 96.1 Å². The summed E-state index contributed by atoms with van der Waals surface area (Å²) >= 11 is 0. The van der Waals surface area contributed by atoms with Crippen LogP contribution in [0.2, 0.25) is 0 Å². The fourth-order valence-corrected chi connectivity index (χ4v) is 23.7. The molecule has 10 atom stereocenters. The highest BCUT2D eigenvalue weighted by atomic mass is 19.4. The predicted molar refractivity (Wildman–Crippen MR) is 568 cm³/mol. The quantitative estimate of drug-likeness (QED) is 0.135. The maximum atomic E-state index is 13.6. The van der Waals surface area contributed by atoms with E-state index in [9.17, 15) is 74.6 Å². The van der Waals surface area contributed by atoms with Crippen molar-refractivity contribution >= 4 is 0 Å². The van der Waals surface area contributed by atoms with Gasteiger partial charge in [0.25, 0.3) is 12.9 Å². The maximum Gasteiger partial charge on any atom is 0.573 e. The van der Waals surface area contributed by atoms with Crippen LogP contribution in [0, 0.1) is 140 Å². The predicted octanol–water partition coefficient (Wildman–Crippen LogP) is 37.1. The zero-order chi connectivity index (χ0) is 108. The van der Waals surface area contributed by atoms with E-state index in [2.05, 4.69) is 128 Å². The van der Waals surface area contributed by atoms with Crippen molar-refractivity contribution in [2.24, 2.45) is 59.2 Å². The average Bonchev–Trinajstić information content (AvgIpc) is 0.786. The van der Waals surface area contributed by atoms with Crippen LogP contribution in [0.1, 0.15) is 341 Å². The second-order valence-corrected chi connectivity index (χ2v) is 45.2. The third kappa shape index (κ3) is 32.5. The van der Waals surface area contributed by atoms with E-state index in [0.29, 0.717) is 76.4 Å². The van der Waals surface area contributed by atoms with E-state index in [1.165, 1.54) is 81.3 Å². The monoisotopic (exact) mass is 2070 g/mol. The van der Waals surface area contributed by atoms with Gasteiger partial charge in [-0.15, -0.1) is 13.2 Å². The molecular weight excluding hydrogens is 1910 g/mol. The lowest BCUT2D eigenvalue weighted by atomic mass is 9.81. The molecule has 10 aromatic carbocycles. The number of rotatable bonds is 9. The smallest absolute Gasteiger partial charge is 0.462 e. The summed E-state index contributed by atoms with van der Waals surface area (Å²) in [6.07, 6.45) is 16.1. The highest BCUT2D eigenvalue weighted by molar-refractivity contribution is 5.53. The van der Waals surface area contributed by atoms with Crippen molar-refractivity contribution in [3.63, 3.8) is 0 Å². The highest BCUT2D eigenvalue weighted by Crippen LogP contribution is 2.45. The minimum atomic E-state index is -4.61. The molecule has 20 heteroatoms. The number of hydrogen-bond acceptors (Lipinski definition) is 3. The molecule has 10 aromatic rings.